The average molecular weight is 323 g/mol. The largest absolute Gasteiger partial charge is 0.497 e. The van der Waals surface area contributed by atoms with Crippen LogP contribution in [0.25, 0.3) is 10.9 Å². The Hall–Kier alpha value is -3.08. The molecule has 1 unspecified atom stereocenters. The summed E-state index contributed by atoms with van der Waals surface area (Å²) in [6.07, 6.45) is 1.58. The van der Waals surface area contributed by atoms with Crippen LogP contribution in [0, 0.1) is 0 Å². The summed E-state index contributed by atoms with van der Waals surface area (Å²) in [4.78, 5) is 27.3. The average Bonchev–Trinajstić information content (AvgIpc) is 3.03. The monoisotopic (exact) mass is 323 g/mol. The lowest BCUT2D eigenvalue weighted by atomic mass is 9.91. The third kappa shape index (κ3) is 3.01. The first kappa shape index (κ1) is 15.8. The van der Waals surface area contributed by atoms with Gasteiger partial charge in [0.2, 0.25) is 0 Å². The fourth-order valence-corrected chi connectivity index (χ4v) is 2.79. The zero-order valence-electron chi connectivity index (χ0n) is 13.2. The number of Topliss-reactive ketones (excluding diaryl/α,β-unsaturated/α-hetero) is 1. The van der Waals surface area contributed by atoms with Gasteiger partial charge in [-0.2, -0.15) is 0 Å². The van der Waals surface area contributed by atoms with Crippen LogP contribution < -0.4 is 4.74 Å². The van der Waals surface area contributed by atoms with Gasteiger partial charge in [-0.25, -0.2) is 0 Å². The molecule has 3 rings (SSSR count). The van der Waals surface area contributed by atoms with Gasteiger partial charge in [0.05, 0.1) is 13.0 Å². The molecule has 0 spiro atoms. The maximum absolute atomic E-state index is 12.5. The lowest BCUT2D eigenvalue weighted by molar-refractivity contribution is -0.138. The zero-order valence-corrected chi connectivity index (χ0v) is 13.2. The van der Waals surface area contributed by atoms with Crippen LogP contribution in [-0.4, -0.2) is 29.0 Å². The Bertz CT molecular complexity index is 880. The molecular formula is C19H17NO4. The van der Waals surface area contributed by atoms with E-state index in [0.717, 1.165) is 10.9 Å². The van der Waals surface area contributed by atoms with E-state index in [0.29, 0.717) is 16.9 Å². The van der Waals surface area contributed by atoms with Crippen molar-refractivity contribution in [3.8, 4) is 5.75 Å². The van der Waals surface area contributed by atoms with Crippen molar-refractivity contribution in [1.29, 1.82) is 0 Å². The predicted octanol–water partition coefficient (Wildman–Crippen LogP) is 3.62. The van der Waals surface area contributed by atoms with E-state index >= 15 is 0 Å². The van der Waals surface area contributed by atoms with Gasteiger partial charge >= 0.3 is 5.97 Å². The van der Waals surface area contributed by atoms with Crippen LogP contribution in [0.2, 0.25) is 0 Å². The Kier molecular flexibility index (Phi) is 4.33. The molecule has 5 heteroatoms. The Morgan fingerprint density at radius 2 is 1.83 bits per heavy atom. The van der Waals surface area contributed by atoms with Crippen molar-refractivity contribution in [2.75, 3.05) is 7.11 Å². The number of fused-ring (bicyclic) bond motifs is 1. The molecule has 2 N–H and O–H groups in total. The molecule has 1 heterocycles. The summed E-state index contributed by atoms with van der Waals surface area (Å²) in [5.41, 5.74) is 1.96. The molecule has 0 aliphatic carbocycles. The van der Waals surface area contributed by atoms with E-state index in [1.54, 1.807) is 37.6 Å². The minimum absolute atomic E-state index is 0.0937. The van der Waals surface area contributed by atoms with E-state index in [1.807, 2.05) is 24.3 Å². The molecule has 0 fully saturated rings. The molecule has 0 radical (unpaired) electrons. The van der Waals surface area contributed by atoms with Crippen LogP contribution in [0.5, 0.6) is 5.75 Å². The molecule has 0 amide bonds. The lowest BCUT2D eigenvalue weighted by Crippen LogP contribution is -2.16. The Morgan fingerprint density at radius 3 is 2.50 bits per heavy atom. The number of aliphatic carboxylic acids is 1. The Labute approximate surface area is 138 Å². The number of ketones is 1. The van der Waals surface area contributed by atoms with Gasteiger partial charge < -0.3 is 14.8 Å². The van der Waals surface area contributed by atoms with E-state index in [4.69, 9.17) is 4.74 Å². The quantitative estimate of drug-likeness (QED) is 0.679. The summed E-state index contributed by atoms with van der Waals surface area (Å²) in [6, 6.07) is 14.1. The number of H-pyrrole nitrogens is 1. The molecule has 0 saturated heterocycles. The van der Waals surface area contributed by atoms with Crippen molar-refractivity contribution in [1.82, 2.24) is 4.98 Å². The van der Waals surface area contributed by atoms with E-state index in [9.17, 15) is 14.7 Å². The SMILES string of the molecule is COc1ccc(C(=O)CC(C(=O)O)c2c[nH]c3ccccc23)cc1. The van der Waals surface area contributed by atoms with Gasteiger partial charge in [0.15, 0.2) is 5.78 Å². The van der Waals surface area contributed by atoms with Crippen LogP contribution in [0.3, 0.4) is 0 Å². The highest BCUT2D eigenvalue weighted by atomic mass is 16.5. The van der Waals surface area contributed by atoms with Crippen molar-refractivity contribution >= 4 is 22.7 Å². The lowest BCUT2D eigenvalue weighted by Gasteiger charge is -2.11. The van der Waals surface area contributed by atoms with E-state index < -0.39 is 11.9 Å². The van der Waals surface area contributed by atoms with Crippen molar-refractivity contribution in [3.05, 3.63) is 65.9 Å². The van der Waals surface area contributed by atoms with Gasteiger partial charge in [0.25, 0.3) is 0 Å². The van der Waals surface area contributed by atoms with Crippen molar-refractivity contribution in [2.45, 2.75) is 12.3 Å². The van der Waals surface area contributed by atoms with E-state index in [-0.39, 0.29) is 12.2 Å². The zero-order chi connectivity index (χ0) is 17.1. The molecule has 0 aliphatic rings. The summed E-state index contributed by atoms with van der Waals surface area (Å²) < 4.78 is 5.07. The maximum Gasteiger partial charge on any atom is 0.311 e. The van der Waals surface area contributed by atoms with Gasteiger partial charge in [0.1, 0.15) is 5.75 Å². The van der Waals surface area contributed by atoms with Crippen molar-refractivity contribution < 1.29 is 19.4 Å². The second kappa shape index (κ2) is 6.58. The number of benzene rings is 2. The molecule has 5 nitrogen and oxygen atoms in total. The van der Waals surface area contributed by atoms with Crippen LogP contribution in [0.15, 0.2) is 54.7 Å². The standard InChI is InChI=1S/C19H17NO4/c1-24-13-8-6-12(7-9-13)18(21)10-15(19(22)23)16-11-20-17-5-3-2-4-14(16)17/h2-9,11,15,20H,10H2,1H3,(H,22,23). The number of aromatic amines is 1. The van der Waals surface area contributed by atoms with Crippen LogP contribution in [0.1, 0.15) is 28.3 Å². The summed E-state index contributed by atoms with van der Waals surface area (Å²) in [7, 11) is 1.55. The maximum atomic E-state index is 12.5. The van der Waals surface area contributed by atoms with E-state index in [2.05, 4.69) is 4.98 Å². The van der Waals surface area contributed by atoms with E-state index in [1.165, 1.54) is 0 Å². The number of carboxylic acid groups (broad SMARTS) is 1. The van der Waals surface area contributed by atoms with Crippen LogP contribution in [-0.2, 0) is 4.79 Å². The normalized spacial score (nSPS) is 12.0. The fourth-order valence-electron chi connectivity index (χ4n) is 2.79. The van der Waals surface area contributed by atoms with Gasteiger partial charge in [-0.15, -0.1) is 0 Å². The number of hydrogen-bond donors (Lipinski definition) is 2. The van der Waals surface area contributed by atoms with Gasteiger partial charge in [0, 0.05) is 29.1 Å². The minimum Gasteiger partial charge on any atom is -0.497 e. The number of ether oxygens (including phenoxy) is 1. The number of nitrogens with one attached hydrogen (secondary N) is 1. The second-order valence-electron chi connectivity index (χ2n) is 5.54. The number of methoxy groups -OCH3 is 1. The third-order valence-corrected chi connectivity index (χ3v) is 4.10. The Morgan fingerprint density at radius 1 is 1.12 bits per heavy atom. The second-order valence-corrected chi connectivity index (χ2v) is 5.54. The fraction of sp³-hybridized carbons (Fsp3) is 0.158. The number of para-hydroxylation sites is 1. The first-order valence-corrected chi connectivity index (χ1v) is 7.56. The number of carboxylic acids is 1. The van der Waals surface area contributed by atoms with Gasteiger partial charge in [-0.3, -0.25) is 9.59 Å². The first-order valence-electron chi connectivity index (χ1n) is 7.56. The molecule has 0 aliphatic heterocycles. The number of carbonyl (C=O) groups excluding carboxylic acids is 1. The number of carbonyl (C=O) groups is 2. The van der Waals surface area contributed by atoms with Crippen LogP contribution >= 0.6 is 0 Å². The predicted molar refractivity (Wildman–Crippen MR) is 90.6 cm³/mol. The number of aromatic nitrogens is 1. The minimum atomic E-state index is -1.01. The molecule has 24 heavy (non-hydrogen) atoms. The third-order valence-electron chi connectivity index (χ3n) is 4.10. The summed E-state index contributed by atoms with van der Waals surface area (Å²) >= 11 is 0. The highest BCUT2D eigenvalue weighted by Gasteiger charge is 2.26. The molecule has 0 bridgehead atoms. The van der Waals surface area contributed by atoms with Gasteiger partial charge in [-0.1, -0.05) is 18.2 Å². The van der Waals surface area contributed by atoms with Gasteiger partial charge in [-0.05, 0) is 35.9 Å². The number of rotatable bonds is 6. The highest BCUT2D eigenvalue weighted by molar-refractivity contribution is 6.00. The molecule has 3 aromatic rings. The van der Waals surface area contributed by atoms with Crippen molar-refractivity contribution in [2.24, 2.45) is 0 Å². The summed E-state index contributed by atoms with van der Waals surface area (Å²) in [5, 5.41) is 10.4. The summed E-state index contributed by atoms with van der Waals surface area (Å²) in [6.45, 7) is 0. The first-order chi connectivity index (χ1) is 11.6. The molecule has 2 aromatic carbocycles. The van der Waals surface area contributed by atoms with Crippen LogP contribution in [0.4, 0.5) is 0 Å². The molecule has 1 atom stereocenters. The topological polar surface area (TPSA) is 79.4 Å². The molecule has 0 saturated carbocycles. The highest BCUT2D eigenvalue weighted by Crippen LogP contribution is 2.29. The smallest absolute Gasteiger partial charge is 0.311 e. The number of hydrogen-bond acceptors (Lipinski definition) is 3. The van der Waals surface area contributed by atoms with Crippen molar-refractivity contribution in [3.63, 3.8) is 0 Å². The molecule has 122 valence electrons. The molecule has 1 aromatic heterocycles. The molecular weight excluding hydrogens is 306 g/mol. The summed E-state index contributed by atoms with van der Waals surface area (Å²) in [5.74, 6) is -1.47. The Balaban J connectivity index is 1.88.